The van der Waals surface area contributed by atoms with Crippen molar-refractivity contribution in [1.82, 2.24) is 9.78 Å². The molecule has 8 heteroatoms. The molecule has 7 nitrogen and oxygen atoms in total. The summed E-state index contributed by atoms with van der Waals surface area (Å²) >= 11 is 1.38. The summed E-state index contributed by atoms with van der Waals surface area (Å²) < 4.78 is 11.0. The molecule has 0 spiro atoms. The van der Waals surface area contributed by atoms with E-state index in [0.29, 0.717) is 11.3 Å². The molecular weight excluding hydrogens is 392 g/mol. The number of thioether (sulfide) groups is 1. The van der Waals surface area contributed by atoms with Gasteiger partial charge in [0.1, 0.15) is 10.3 Å². The van der Waals surface area contributed by atoms with E-state index >= 15 is 0 Å². The summed E-state index contributed by atoms with van der Waals surface area (Å²) in [6, 6.07) is 7.17. The van der Waals surface area contributed by atoms with E-state index in [0.717, 1.165) is 4.90 Å². The van der Waals surface area contributed by atoms with Gasteiger partial charge in [0, 0.05) is 10.5 Å². The minimum atomic E-state index is -0.768. The fourth-order valence-electron chi connectivity index (χ4n) is 2.45. The summed E-state index contributed by atoms with van der Waals surface area (Å²) in [6.07, 6.45) is 0. The number of carbonyl (C=O) groups excluding carboxylic acids is 2. The molecule has 1 heterocycles. The van der Waals surface area contributed by atoms with Crippen LogP contribution in [-0.2, 0) is 14.3 Å². The van der Waals surface area contributed by atoms with Crippen LogP contribution < -0.4 is 0 Å². The van der Waals surface area contributed by atoms with E-state index in [1.807, 2.05) is 46.8 Å². The fraction of sp³-hybridized carbons (Fsp3) is 0.476. The van der Waals surface area contributed by atoms with E-state index in [-0.39, 0.29) is 24.2 Å². The Labute approximate surface area is 175 Å². The Morgan fingerprint density at radius 2 is 1.72 bits per heavy atom. The minimum Gasteiger partial charge on any atom is -0.493 e. The van der Waals surface area contributed by atoms with Gasteiger partial charge in [0.2, 0.25) is 5.88 Å². The lowest BCUT2D eigenvalue weighted by Gasteiger charge is -2.28. The molecule has 2 aromatic rings. The number of ether oxygens (including phenoxy) is 2. The molecule has 0 radical (unpaired) electrons. The van der Waals surface area contributed by atoms with Crippen molar-refractivity contribution in [2.75, 3.05) is 6.61 Å². The largest absolute Gasteiger partial charge is 0.493 e. The van der Waals surface area contributed by atoms with Crippen molar-refractivity contribution >= 4 is 23.7 Å². The number of aromatic nitrogens is 2. The topological polar surface area (TPSA) is 90.7 Å². The summed E-state index contributed by atoms with van der Waals surface area (Å²) in [5.74, 6) is -0.994. The van der Waals surface area contributed by atoms with Crippen molar-refractivity contribution in [3.8, 4) is 11.6 Å². The lowest BCUT2D eigenvalue weighted by Crippen LogP contribution is -2.36. The van der Waals surface area contributed by atoms with Gasteiger partial charge >= 0.3 is 11.9 Å². The summed E-state index contributed by atoms with van der Waals surface area (Å²) in [6.45, 7) is 12.7. The van der Waals surface area contributed by atoms with Gasteiger partial charge < -0.3 is 14.6 Å². The average molecular weight is 421 g/mol. The van der Waals surface area contributed by atoms with Gasteiger partial charge in [-0.05, 0) is 72.7 Å². The van der Waals surface area contributed by atoms with Crippen LogP contribution in [0.2, 0.25) is 0 Å². The summed E-state index contributed by atoms with van der Waals surface area (Å²) in [7, 11) is 0. The summed E-state index contributed by atoms with van der Waals surface area (Å²) in [5.41, 5.74) is 0.465. The average Bonchev–Trinajstić information content (AvgIpc) is 2.90. The quantitative estimate of drug-likeness (QED) is 0.551. The van der Waals surface area contributed by atoms with Gasteiger partial charge in [-0.3, -0.25) is 4.79 Å². The highest BCUT2D eigenvalue weighted by Crippen LogP contribution is 2.35. The van der Waals surface area contributed by atoms with Gasteiger partial charge in [0.05, 0.1) is 12.3 Å². The minimum absolute atomic E-state index is 0.0776. The van der Waals surface area contributed by atoms with Crippen molar-refractivity contribution in [3.05, 3.63) is 35.5 Å². The molecule has 0 atom stereocenters. The van der Waals surface area contributed by atoms with Crippen molar-refractivity contribution in [1.29, 1.82) is 0 Å². The molecule has 0 aliphatic carbocycles. The molecular formula is C21H28N2O5S. The molecule has 0 aliphatic heterocycles. The molecule has 1 aromatic carbocycles. The number of esters is 2. The van der Waals surface area contributed by atoms with Crippen LogP contribution >= 0.6 is 11.8 Å². The standard InChI is InChI=1S/C21H28N2O5S/c1-8-27-18(25)16-13(2)17(24)23(22-16)14-9-11-15(12-10-14)29-21(6,7)19(26)28-20(3,4)5/h9-12,24H,8H2,1-7H3. The highest BCUT2D eigenvalue weighted by molar-refractivity contribution is 8.01. The Balaban J connectivity index is 2.22. The molecule has 1 aromatic heterocycles. The maximum atomic E-state index is 12.4. The highest BCUT2D eigenvalue weighted by Gasteiger charge is 2.33. The van der Waals surface area contributed by atoms with Crippen molar-refractivity contribution in [2.45, 2.75) is 63.7 Å². The van der Waals surface area contributed by atoms with Gasteiger partial charge in [0.25, 0.3) is 0 Å². The van der Waals surface area contributed by atoms with Crippen LogP contribution in [0.15, 0.2) is 29.2 Å². The molecule has 0 saturated carbocycles. The van der Waals surface area contributed by atoms with Crippen molar-refractivity contribution in [2.24, 2.45) is 0 Å². The third-order valence-corrected chi connectivity index (χ3v) is 5.09. The predicted molar refractivity (Wildman–Crippen MR) is 112 cm³/mol. The molecule has 0 unspecified atom stereocenters. The van der Waals surface area contributed by atoms with Gasteiger partial charge in [-0.25, -0.2) is 9.48 Å². The normalized spacial score (nSPS) is 12.0. The first-order valence-corrected chi connectivity index (χ1v) is 10.2. The van der Waals surface area contributed by atoms with E-state index in [9.17, 15) is 14.7 Å². The molecule has 29 heavy (non-hydrogen) atoms. The number of aromatic hydroxyl groups is 1. The number of hydrogen-bond donors (Lipinski definition) is 1. The second-order valence-corrected chi connectivity index (χ2v) is 9.73. The summed E-state index contributed by atoms with van der Waals surface area (Å²) in [5, 5.41) is 14.5. The molecule has 1 N–H and O–H groups in total. The van der Waals surface area contributed by atoms with Crippen molar-refractivity contribution in [3.63, 3.8) is 0 Å². The van der Waals surface area contributed by atoms with Crippen molar-refractivity contribution < 1.29 is 24.2 Å². The van der Waals surface area contributed by atoms with Crippen LogP contribution in [-0.4, -0.2) is 43.8 Å². The van der Waals surface area contributed by atoms with E-state index in [4.69, 9.17) is 9.47 Å². The first-order valence-electron chi connectivity index (χ1n) is 9.34. The Morgan fingerprint density at radius 3 is 2.24 bits per heavy atom. The molecule has 0 aliphatic rings. The molecule has 158 valence electrons. The maximum absolute atomic E-state index is 12.4. The first-order chi connectivity index (χ1) is 13.4. The third kappa shape index (κ3) is 5.53. The summed E-state index contributed by atoms with van der Waals surface area (Å²) in [4.78, 5) is 25.3. The van der Waals surface area contributed by atoms with Gasteiger partial charge in [-0.2, -0.15) is 5.10 Å². The van der Waals surface area contributed by atoms with Gasteiger partial charge in [0.15, 0.2) is 5.69 Å². The van der Waals surface area contributed by atoms with Crippen LogP contribution in [0, 0.1) is 6.92 Å². The molecule has 0 fully saturated rings. The molecule has 0 bridgehead atoms. The molecule has 0 amide bonds. The smallest absolute Gasteiger partial charge is 0.359 e. The Kier molecular flexibility index (Phi) is 6.67. The molecule has 2 rings (SSSR count). The van der Waals surface area contributed by atoms with Crippen LogP contribution in [0.3, 0.4) is 0 Å². The number of rotatable bonds is 6. The second-order valence-electron chi connectivity index (χ2n) is 8.04. The Morgan fingerprint density at radius 1 is 1.14 bits per heavy atom. The number of nitrogens with zero attached hydrogens (tertiary/aromatic N) is 2. The van der Waals surface area contributed by atoms with Crippen LogP contribution in [0.4, 0.5) is 0 Å². The van der Waals surface area contributed by atoms with Crippen LogP contribution in [0.1, 0.15) is 57.6 Å². The third-order valence-electron chi connectivity index (χ3n) is 3.90. The number of hydrogen-bond acceptors (Lipinski definition) is 7. The van der Waals surface area contributed by atoms with E-state index < -0.39 is 16.3 Å². The zero-order valence-corrected chi connectivity index (χ0v) is 18.7. The lowest BCUT2D eigenvalue weighted by molar-refractivity contribution is -0.156. The molecule has 0 saturated heterocycles. The van der Waals surface area contributed by atoms with Crippen LogP contribution in [0.25, 0.3) is 5.69 Å². The highest BCUT2D eigenvalue weighted by atomic mass is 32.2. The number of carbonyl (C=O) groups is 2. The second kappa shape index (κ2) is 8.49. The monoisotopic (exact) mass is 420 g/mol. The van der Waals surface area contributed by atoms with Gasteiger partial charge in [-0.1, -0.05) is 0 Å². The Hall–Kier alpha value is -2.48. The lowest BCUT2D eigenvalue weighted by atomic mass is 10.1. The predicted octanol–water partition coefficient (Wildman–Crippen LogP) is 4.28. The Bertz CT molecular complexity index is 895. The zero-order valence-electron chi connectivity index (χ0n) is 17.9. The SMILES string of the molecule is CCOC(=O)c1nn(-c2ccc(SC(C)(C)C(=O)OC(C)(C)C)cc2)c(O)c1C. The fourth-order valence-corrected chi connectivity index (χ4v) is 3.44. The first kappa shape index (κ1) is 22.8. The van der Waals surface area contributed by atoms with E-state index in [1.165, 1.54) is 16.4 Å². The van der Waals surface area contributed by atoms with E-state index in [1.54, 1.807) is 26.0 Å². The van der Waals surface area contributed by atoms with E-state index in [2.05, 4.69) is 5.10 Å². The number of benzene rings is 1. The maximum Gasteiger partial charge on any atom is 0.359 e. The van der Waals surface area contributed by atoms with Crippen LogP contribution in [0.5, 0.6) is 5.88 Å². The zero-order chi connectivity index (χ0) is 22.0. The van der Waals surface area contributed by atoms with Gasteiger partial charge in [-0.15, -0.1) is 11.8 Å².